The molecular formula is C32H38FN9O3. The number of carbonyl (C=O) groups is 1. The van der Waals surface area contributed by atoms with Crippen LogP contribution in [0.5, 0.6) is 0 Å². The molecule has 0 aliphatic carbocycles. The molecule has 45 heavy (non-hydrogen) atoms. The molecule has 2 saturated heterocycles. The van der Waals surface area contributed by atoms with Crippen molar-refractivity contribution in [3.05, 3.63) is 78.1 Å². The monoisotopic (exact) mass is 615 g/mol. The Kier molecular flexibility index (Phi) is 9.01. The van der Waals surface area contributed by atoms with Crippen LogP contribution in [0.1, 0.15) is 30.0 Å². The molecule has 4 aromatic rings. The molecule has 13 heteroatoms. The van der Waals surface area contributed by atoms with Crippen molar-refractivity contribution in [1.82, 2.24) is 34.9 Å². The standard InChI is InChI=1S/C32H38FN9O3/c1-20-28(22-16-35-31(36-17-22)41-18-25(19-41)45-4)39-42(23-8-6-5-7-9-23)30(20)38-32(43)37-26-15-24(11-13-44-3)40(2)29(26)21-10-12-34-27(33)14-21/h5-10,12,14,16-17,24-26,29H,11,13,15,18-19H2,1-4H3,(H2,37,38,43)/t24-,26-,29+/m1/s1. The highest BCUT2D eigenvalue weighted by molar-refractivity contribution is 5.91. The van der Waals surface area contributed by atoms with Gasteiger partial charge in [0, 0.05) is 69.7 Å². The highest BCUT2D eigenvalue weighted by atomic mass is 19.1. The van der Waals surface area contributed by atoms with E-state index < -0.39 is 5.95 Å². The van der Waals surface area contributed by atoms with Gasteiger partial charge in [-0.2, -0.15) is 9.49 Å². The van der Waals surface area contributed by atoms with Crippen LogP contribution in [0, 0.1) is 12.9 Å². The van der Waals surface area contributed by atoms with Gasteiger partial charge in [-0.05, 0) is 56.6 Å². The first-order valence-electron chi connectivity index (χ1n) is 15.0. The lowest BCUT2D eigenvalue weighted by Gasteiger charge is -2.37. The maximum Gasteiger partial charge on any atom is 0.320 e. The van der Waals surface area contributed by atoms with Crippen LogP contribution in [-0.2, 0) is 9.47 Å². The third-order valence-corrected chi connectivity index (χ3v) is 8.72. The molecule has 1 aromatic carbocycles. The first kappa shape index (κ1) is 30.6. The predicted molar refractivity (Wildman–Crippen MR) is 168 cm³/mol. The Morgan fingerprint density at radius 1 is 1.09 bits per heavy atom. The van der Waals surface area contributed by atoms with Gasteiger partial charge < -0.3 is 19.7 Å². The zero-order chi connectivity index (χ0) is 31.5. The van der Waals surface area contributed by atoms with Crippen LogP contribution in [0.15, 0.2) is 61.1 Å². The van der Waals surface area contributed by atoms with Crippen LogP contribution >= 0.6 is 0 Å². The number of methoxy groups -OCH3 is 2. The Labute approximate surface area is 261 Å². The van der Waals surface area contributed by atoms with Crippen LogP contribution in [0.4, 0.5) is 21.0 Å². The number of anilines is 2. The molecule has 12 nitrogen and oxygen atoms in total. The van der Waals surface area contributed by atoms with Crippen molar-refractivity contribution in [2.24, 2.45) is 0 Å². The summed E-state index contributed by atoms with van der Waals surface area (Å²) in [6.07, 6.45) is 6.62. The number of nitrogens with one attached hydrogen (secondary N) is 2. The molecule has 0 unspecified atom stereocenters. The number of halogens is 1. The number of ether oxygens (including phenoxy) is 2. The number of hydrogen-bond donors (Lipinski definition) is 2. The van der Waals surface area contributed by atoms with Crippen molar-refractivity contribution in [2.45, 2.75) is 44.0 Å². The smallest absolute Gasteiger partial charge is 0.320 e. The Bertz CT molecular complexity index is 1610. The van der Waals surface area contributed by atoms with Crippen LogP contribution in [0.3, 0.4) is 0 Å². The van der Waals surface area contributed by atoms with Gasteiger partial charge in [-0.25, -0.2) is 24.4 Å². The maximum atomic E-state index is 14.2. The minimum absolute atomic E-state index is 0.138. The first-order valence-corrected chi connectivity index (χ1v) is 15.0. The number of rotatable bonds is 10. The number of urea groups is 1. The zero-order valence-electron chi connectivity index (χ0n) is 25.9. The predicted octanol–water partition coefficient (Wildman–Crippen LogP) is 3.98. The number of hydrogen-bond acceptors (Lipinski definition) is 9. The van der Waals surface area contributed by atoms with Gasteiger partial charge in [0.25, 0.3) is 0 Å². The number of amides is 2. The summed E-state index contributed by atoms with van der Waals surface area (Å²) >= 11 is 0. The Morgan fingerprint density at radius 3 is 2.53 bits per heavy atom. The van der Waals surface area contributed by atoms with E-state index in [0.29, 0.717) is 30.5 Å². The normalized spacial score (nSPS) is 20.3. The quantitative estimate of drug-likeness (QED) is 0.255. The van der Waals surface area contributed by atoms with Crippen LogP contribution in [0.2, 0.25) is 0 Å². The van der Waals surface area contributed by atoms with Crippen LogP contribution in [-0.4, -0.2) is 94.8 Å². The highest BCUT2D eigenvalue weighted by Crippen LogP contribution is 2.37. The maximum absolute atomic E-state index is 14.2. The SMILES string of the molecule is COCC[C@@H]1C[C@@H](NC(=O)Nc2c(C)c(-c3cnc(N4CC(OC)C4)nc3)nn2-c2ccccc2)[C@H](c2ccnc(F)c2)N1C. The number of pyridine rings is 1. The molecule has 2 aliphatic rings. The second kappa shape index (κ2) is 13.3. The molecule has 5 heterocycles. The van der Waals surface area contributed by atoms with Gasteiger partial charge in [-0.15, -0.1) is 0 Å². The number of aromatic nitrogens is 5. The summed E-state index contributed by atoms with van der Waals surface area (Å²) < 4.78 is 26.6. The minimum atomic E-state index is -0.555. The molecule has 0 spiro atoms. The summed E-state index contributed by atoms with van der Waals surface area (Å²) in [6, 6.07) is 12.1. The van der Waals surface area contributed by atoms with E-state index in [1.165, 1.54) is 12.3 Å². The topological polar surface area (TPSA) is 123 Å². The molecule has 0 saturated carbocycles. The van der Waals surface area contributed by atoms with E-state index >= 15 is 0 Å². The largest absolute Gasteiger partial charge is 0.385 e. The van der Waals surface area contributed by atoms with Gasteiger partial charge in [0.05, 0.1) is 23.9 Å². The van der Waals surface area contributed by atoms with Crippen LogP contribution < -0.4 is 15.5 Å². The summed E-state index contributed by atoms with van der Waals surface area (Å²) in [4.78, 5) is 30.8. The number of likely N-dealkylation sites (N-methyl/N-ethyl adjacent to an activating group) is 1. The first-order chi connectivity index (χ1) is 21.9. The van der Waals surface area contributed by atoms with E-state index in [1.807, 2.05) is 44.3 Å². The molecule has 3 atom stereocenters. The molecule has 6 rings (SSSR count). The number of likely N-dealkylation sites (tertiary alicyclic amines) is 1. The van der Waals surface area contributed by atoms with Crippen molar-refractivity contribution in [3.8, 4) is 16.9 Å². The molecule has 2 fully saturated rings. The summed E-state index contributed by atoms with van der Waals surface area (Å²) in [5, 5.41) is 11.1. The second-order valence-electron chi connectivity index (χ2n) is 11.5. The van der Waals surface area contributed by atoms with Gasteiger partial charge in [-0.1, -0.05) is 18.2 Å². The van der Waals surface area contributed by atoms with Gasteiger partial charge >= 0.3 is 6.03 Å². The van der Waals surface area contributed by atoms with Crippen molar-refractivity contribution in [3.63, 3.8) is 0 Å². The molecule has 2 amide bonds. The Morgan fingerprint density at radius 2 is 1.84 bits per heavy atom. The lowest BCUT2D eigenvalue weighted by molar-refractivity contribution is 0.0778. The summed E-state index contributed by atoms with van der Waals surface area (Å²) in [7, 11) is 5.37. The van der Waals surface area contributed by atoms with E-state index in [4.69, 9.17) is 14.6 Å². The summed E-state index contributed by atoms with van der Waals surface area (Å²) in [5.41, 5.74) is 3.70. The molecule has 236 valence electrons. The Hall–Kier alpha value is -4.46. The lowest BCUT2D eigenvalue weighted by atomic mass is 10.0. The molecule has 0 radical (unpaired) electrons. The van der Waals surface area contributed by atoms with Gasteiger partial charge in [-0.3, -0.25) is 10.2 Å². The number of nitrogens with zero attached hydrogens (tertiary/aromatic N) is 7. The number of para-hydroxylation sites is 1. The molecule has 0 bridgehead atoms. The minimum Gasteiger partial charge on any atom is -0.385 e. The Balaban J connectivity index is 1.26. The molecular weight excluding hydrogens is 577 g/mol. The van der Waals surface area contributed by atoms with Gasteiger partial charge in [0.1, 0.15) is 11.5 Å². The molecule has 3 aromatic heterocycles. The summed E-state index contributed by atoms with van der Waals surface area (Å²) in [5.74, 6) is 0.608. The van der Waals surface area contributed by atoms with E-state index in [-0.39, 0.29) is 30.3 Å². The average Bonchev–Trinajstić information content (AvgIpc) is 3.51. The zero-order valence-corrected chi connectivity index (χ0v) is 25.9. The van der Waals surface area contributed by atoms with Crippen molar-refractivity contribution in [2.75, 3.05) is 51.2 Å². The number of carbonyl (C=O) groups excluding carboxylic acids is 1. The van der Waals surface area contributed by atoms with Gasteiger partial charge in [0.2, 0.25) is 11.9 Å². The third kappa shape index (κ3) is 6.37. The molecule has 2 N–H and O–H groups in total. The lowest BCUT2D eigenvalue weighted by Crippen LogP contribution is -2.52. The van der Waals surface area contributed by atoms with E-state index in [9.17, 15) is 9.18 Å². The number of benzene rings is 1. The molecule has 2 aliphatic heterocycles. The van der Waals surface area contributed by atoms with Crippen molar-refractivity contribution >= 4 is 17.8 Å². The fraction of sp³-hybridized carbons (Fsp3) is 0.406. The van der Waals surface area contributed by atoms with Crippen molar-refractivity contribution < 1.29 is 18.7 Å². The average molecular weight is 616 g/mol. The summed E-state index contributed by atoms with van der Waals surface area (Å²) in [6.45, 7) is 4.00. The fourth-order valence-electron chi connectivity index (χ4n) is 6.22. The fourth-order valence-corrected chi connectivity index (χ4v) is 6.22. The van der Waals surface area contributed by atoms with Crippen LogP contribution in [0.25, 0.3) is 16.9 Å². The third-order valence-electron chi connectivity index (χ3n) is 8.72. The van der Waals surface area contributed by atoms with E-state index in [2.05, 4.69) is 35.4 Å². The highest BCUT2D eigenvalue weighted by Gasteiger charge is 2.40. The van der Waals surface area contributed by atoms with E-state index in [0.717, 1.165) is 41.9 Å². The van der Waals surface area contributed by atoms with E-state index in [1.54, 1.807) is 37.4 Å². The second-order valence-corrected chi connectivity index (χ2v) is 11.5. The van der Waals surface area contributed by atoms with Crippen molar-refractivity contribution in [1.29, 1.82) is 0 Å². The van der Waals surface area contributed by atoms with Gasteiger partial charge in [0.15, 0.2) is 0 Å².